The number of Topliss-reactive ketones (excluding diaryl/α,β-unsaturated/α-hetero) is 1. The summed E-state index contributed by atoms with van der Waals surface area (Å²) in [5.41, 5.74) is 1.94. The Morgan fingerprint density at radius 3 is 2.67 bits per heavy atom. The van der Waals surface area contributed by atoms with Crippen molar-refractivity contribution in [1.29, 1.82) is 0 Å². The van der Waals surface area contributed by atoms with Gasteiger partial charge in [-0.15, -0.1) is 0 Å². The van der Waals surface area contributed by atoms with E-state index in [2.05, 4.69) is 15.5 Å². The lowest BCUT2D eigenvalue weighted by atomic mass is 10.1. The Morgan fingerprint density at radius 2 is 1.93 bits per heavy atom. The lowest BCUT2D eigenvalue weighted by Crippen LogP contribution is -2.13. The van der Waals surface area contributed by atoms with Gasteiger partial charge in [0.2, 0.25) is 5.91 Å². The molecule has 1 aliphatic rings. The number of aromatic nitrogens is 2. The second kappa shape index (κ2) is 8.90. The number of anilines is 1. The van der Waals surface area contributed by atoms with Crippen molar-refractivity contribution in [1.82, 2.24) is 10.1 Å². The van der Waals surface area contributed by atoms with E-state index in [9.17, 15) is 9.59 Å². The molecule has 154 valence electrons. The van der Waals surface area contributed by atoms with Gasteiger partial charge in [-0.1, -0.05) is 11.2 Å². The number of carbonyl (C=O) groups is 2. The van der Waals surface area contributed by atoms with Gasteiger partial charge in [-0.05, 0) is 62.2 Å². The molecule has 0 aliphatic heterocycles. The minimum absolute atomic E-state index is 0.0829. The van der Waals surface area contributed by atoms with Gasteiger partial charge in [-0.3, -0.25) is 9.59 Å². The normalized spacial score (nSPS) is 13.1. The Morgan fingerprint density at radius 1 is 1.13 bits per heavy atom. The van der Waals surface area contributed by atoms with E-state index in [1.807, 2.05) is 19.1 Å². The Labute approximate surface area is 174 Å². The van der Waals surface area contributed by atoms with Gasteiger partial charge in [0.1, 0.15) is 5.75 Å². The smallest absolute Gasteiger partial charge is 0.258 e. The van der Waals surface area contributed by atoms with Crippen LogP contribution in [0, 0.1) is 0 Å². The number of hydrogen-bond acceptors (Lipinski definition) is 6. The molecule has 30 heavy (non-hydrogen) atoms. The zero-order valence-corrected chi connectivity index (χ0v) is 16.8. The molecule has 1 amide bonds. The zero-order valence-electron chi connectivity index (χ0n) is 16.8. The molecule has 4 rings (SSSR count). The molecular formula is C23H23N3O4. The van der Waals surface area contributed by atoms with Crippen LogP contribution in [-0.4, -0.2) is 28.4 Å². The van der Waals surface area contributed by atoms with E-state index >= 15 is 0 Å². The highest BCUT2D eigenvalue weighted by Gasteiger charge is 2.29. The second-order valence-corrected chi connectivity index (χ2v) is 7.24. The number of ketones is 1. The Bertz CT molecular complexity index is 1040. The highest BCUT2D eigenvalue weighted by Crippen LogP contribution is 2.39. The van der Waals surface area contributed by atoms with Crippen molar-refractivity contribution in [3.05, 3.63) is 59.9 Å². The van der Waals surface area contributed by atoms with E-state index in [1.165, 1.54) is 0 Å². The number of carbonyl (C=O) groups excluding carboxylic acids is 2. The fourth-order valence-corrected chi connectivity index (χ4v) is 3.09. The molecule has 1 saturated carbocycles. The summed E-state index contributed by atoms with van der Waals surface area (Å²) in [7, 11) is 0. The van der Waals surface area contributed by atoms with Gasteiger partial charge < -0.3 is 14.6 Å². The first-order valence-corrected chi connectivity index (χ1v) is 10.1. The Balaban J connectivity index is 1.31. The first-order chi connectivity index (χ1) is 14.6. The molecule has 1 N–H and O–H groups in total. The average Bonchev–Trinajstić information content (AvgIpc) is 3.49. The molecule has 0 spiro atoms. The largest absolute Gasteiger partial charge is 0.494 e. The molecule has 0 unspecified atom stereocenters. The number of nitrogens with one attached hydrogen (secondary N) is 1. The number of rotatable bonds is 9. The molecule has 1 fully saturated rings. The van der Waals surface area contributed by atoms with Crippen molar-refractivity contribution in [2.75, 3.05) is 11.9 Å². The predicted octanol–water partition coefficient (Wildman–Crippen LogP) is 4.61. The molecule has 7 nitrogen and oxygen atoms in total. The van der Waals surface area contributed by atoms with E-state index in [1.54, 1.807) is 36.4 Å². The zero-order chi connectivity index (χ0) is 20.9. The third-order valence-corrected chi connectivity index (χ3v) is 4.84. The second-order valence-electron chi connectivity index (χ2n) is 7.24. The maximum atomic E-state index is 12.3. The summed E-state index contributed by atoms with van der Waals surface area (Å²) < 4.78 is 10.7. The summed E-state index contributed by atoms with van der Waals surface area (Å²) in [6.07, 6.45) is 2.44. The van der Waals surface area contributed by atoms with Crippen LogP contribution in [0.15, 0.2) is 53.1 Å². The summed E-state index contributed by atoms with van der Waals surface area (Å²) in [6.45, 7) is 2.48. The van der Waals surface area contributed by atoms with Crippen LogP contribution < -0.4 is 10.1 Å². The molecule has 1 heterocycles. The highest BCUT2D eigenvalue weighted by molar-refractivity contribution is 6.00. The Hall–Kier alpha value is -3.48. The fourth-order valence-electron chi connectivity index (χ4n) is 3.09. The lowest BCUT2D eigenvalue weighted by molar-refractivity contribution is -0.116. The van der Waals surface area contributed by atoms with Crippen LogP contribution in [0.5, 0.6) is 5.75 Å². The average molecular weight is 405 g/mol. The van der Waals surface area contributed by atoms with Crippen molar-refractivity contribution in [2.45, 2.75) is 38.5 Å². The minimum atomic E-state index is -0.226. The van der Waals surface area contributed by atoms with Gasteiger partial charge >= 0.3 is 0 Å². The number of amides is 1. The molecule has 0 bridgehead atoms. The number of benzene rings is 2. The van der Waals surface area contributed by atoms with Gasteiger partial charge in [0, 0.05) is 35.6 Å². The van der Waals surface area contributed by atoms with Gasteiger partial charge in [0.15, 0.2) is 11.6 Å². The molecule has 0 radical (unpaired) electrons. The number of nitrogens with zero attached hydrogens (tertiary/aromatic N) is 2. The van der Waals surface area contributed by atoms with Crippen molar-refractivity contribution >= 4 is 17.4 Å². The monoisotopic (exact) mass is 405 g/mol. The molecule has 1 aromatic heterocycles. The predicted molar refractivity (Wildman–Crippen MR) is 112 cm³/mol. The first-order valence-electron chi connectivity index (χ1n) is 10.1. The topological polar surface area (TPSA) is 94.3 Å². The molecular weight excluding hydrogens is 382 g/mol. The van der Waals surface area contributed by atoms with Crippen LogP contribution in [0.3, 0.4) is 0 Å². The van der Waals surface area contributed by atoms with Crippen LogP contribution in [0.4, 0.5) is 5.69 Å². The van der Waals surface area contributed by atoms with Crippen LogP contribution >= 0.6 is 0 Å². The molecule has 2 aromatic carbocycles. The minimum Gasteiger partial charge on any atom is -0.494 e. The third kappa shape index (κ3) is 4.92. The molecule has 3 aromatic rings. The number of hydrogen-bond donors (Lipinski definition) is 1. The SMILES string of the molecule is CCOc1ccc(C(=O)CCC(=O)Nc2cccc(-c3nc(C4CC4)no3)c2)cc1. The summed E-state index contributed by atoms with van der Waals surface area (Å²) >= 11 is 0. The molecule has 0 atom stereocenters. The van der Waals surface area contributed by atoms with Crippen molar-refractivity contribution < 1.29 is 18.8 Å². The van der Waals surface area contributed by atoms with Crippen LogP contribution in [0.1, 0.15) is 54.7 Å². The highest BCUT2D eigenvalue weighted by atomic mass is 16.5. The first kappa shape index (κ1) is 19.8. The van der Waals surface area contributed by atoms with E-state index in [-0.39, 0.29) is 24.5 Å². The van der Waals surface area contributed by atoms with Crippen LogP contribution in [0.2, 0.25) is 0 Å². The molecule has 0 saturated heterocycles. The fraction of sp³-hybridized carbons (Fsp3) is 0.304. The summed E-state index contributed by atoms with van der Waals surface area (Å²) in [6, 6.07) is 14.2. The van der Waals surface area contributed by atoms with E-state index < -0.39 is 0 Å². The maximum Gasteiger partial charge on any atom is 0.258 e. The van der Waals surface area contributed by atoms with Crippen LogP contribution in [-0.2, 0) is 4.79 Å². The Kier molecular flexibility index (Phi) is 5.88. The third-order valence-electron chi connectivity index (χ3n) is 4.84. The van der Waals surface area contributed by atoms with E-state index in [4.69, 9.17) is 9.26 Å². The van der Waals surface area contributed by atoms with E-state index in [0.29, 0.717) is 29.7 Å². The van der Waals surface area contributed by atoms with Gasteiger partial charge in [0.25, 0.3) is 5.89 Å². The standard InChI is InChI=1S/C23H23N3O4/c1-2-29-19-10-8-15(9-11-19)20(27)12-13-21(28)24-18-5-3-4-17(14-18)23-25-22(26-30-23)16-6-7-16/h3-5,8-11,14,16H,2,6-7,12-13H2,1H3,(H,24,28). The van der Waals surface area contributed by atoms with Crippen molar-refractivity contribution in [3.63, 3.8) is 0 Å². The van der Waals surface area contributed by atoms with Crippen molar-refractivity contribution in [2.24, 2.45) is 0 Å². The lowest BCUT2D eigenvalue weighted by Gasteiger charge is -2.07. The number of ether oxygens (including phenoxy) is 1. The summed E-state index contributed by atoms with van der Waals surface area (Å²) in [5, 5.41) is 6.85. The molecule has 7 heteroatoms. The van der Waals surface area contributed by atoms with Gasteiger partial charge in [0.05, 0.1) is 6.61 Å². The van der Waals surface area contributed by atoms with Crippen molar-refractivity contribution in [3.8, 4) is 17.2 Å². The summed E-state index contributed by atoms with van der Waals surface area (Å²) in [4.78, 5) is 29.1. The van der Waals surface area contributed by atoms with Crippen LogP contribution in [0.25, 0.3) is 11.5 Å². The van der Waals surface area contributed by atoms with Gasteiger partial charge in [-0.2, -0.15) is 4.98 Å². The molecule has 1 aliphatic carbocycles. The van der Waals surface area contributed by atoms with E-state index in [0.717, 1.165) is 30.0 Å². The van der Waals surface area contributed by atoms with Gasteiger partial charge in [-0.25, -0.2) is 0 Å². The summed E-state index contributed by atoms with van der Waals surface area (Å²) in [5.74, 6) is 2.01. The quantitative estimate of drug-likeness (QED) is 0.522. The maximum absolute atomic E-state index is 12.3.